The van der Waals surface area contributed by atoms with Gasteiger partial charge in [-0.05, 0) is 49.9 Å². The van der Waals surface area contributed by atoms with E-state index >= 15 is 0 Å². The van der Waals surface area contributed by atoms with Gasteiger partial charge in [0.15, 0.2) is 0 Å². The van der Waals surface area contributed by atoms with Gasteiger partial charge in [-0.25, -0.2) is 4.39 Å². The summed E-state index contributed by atoms with van der Waals surface area (Å²) in [4.78, 5) is 11.7. The van der Waals surface area contributed by atoms with Crippen LogP contribution >= 0.6 is 11.6 Å². The maximum Gasteiger partial charge on any atom is 0.239 e. The van der Waals surface area contributed by atoms with Gasteiger partial charge in [-0.15, -0.1) is 0 Å². The van der Waals surface area contributed by atoms with E-state index in [1.807, 2.05) is 13.8 Å². The molecular formula is C15H20ClFN2O2. The molecule has 3 N–H and O–H groups in total. The smallest absolute Gasteiger partial charge is 0.239 e. The first-order valence-corrected chi connectivity index (χ1v) is 7.35. The van der Waals surface area contributed by atoms with Crippen LogP contribution in [-0.2, 0) is 17.8 Å². The number of rotatable bonds is 4. The Balaban J connectivity index is 2.05. The summed E-state index contributed by atoms with van der Waals surface area (Å²) >= 11 is 5.95. The largest absolute Gasteiger partial charge is 0.392 e. The van der Waals surface area contributed by atoms with Crippen LogP contribution in [-0.4, -0.2) is 29.1 Å². The standard InChI is InChI=1S/C15H20ClFN2O2/c1-15(2)14(21)18-7-11(19-15)4-3-9-5-10(17)6-13(16)12(9)8-20/h5-6,11,19-20H,3-4,7-8H2,1-2H3,(H,18,21)/t11-/m0/s1. The molecule has 21 heavy (non-hydrogen) atoms. The zero-order chi connectivity index (χ0) is 15.6. The Morgan fingerprint density at radius 2 is 2.19 bits per heavy atom. The Labute approximate surface area is 128 Å². The molecule has 0 unspecified atom stereocenters. The highest BCUT2D eigenvalue weighted by molar-refractivity contribution is 6.31. The lowest BCUT2D eigenvalue weighted by Gasteiger charge is -2.36. The SMILES string of the molecule is CC1(C)N[C@@H](CCc2cc(F)cc(Cl)c2CO)CNC1=O. The van der Waals surface area contributed by atoms with Gasteiger partial charge in [0.25, 0.3) is 0 Å². The van der Waals surface area contributed by atoms with Gasteiger partial charge < -0.3 is 10.4 Å². The van der Waals surface area contributed by atoms with E-state index in [2.05, 4.69) is 10.6 Å². The van der Waals surface area contributed by atoms with Crippen molar-refractivity contribution < 1.29 is 14.3 Å². The average Bonchev–Trinajstić information content (AvgIpc) is 2.39. The summed E-state index contributed by atoms with van der Waals surface area (Å²) < 4.78 is 13.4. The van der Waals surface area contributed by atoms with E-state index < -0.39 is 11.4 Å². The minimum atomic E-state index is -0.609. The molecule has 4 nitrogen and oxygen atoms in total. The molecule has 0 spiro atoms. The fourth-order valence-corrected chi connectivity index (χ4v) is 2.91. The predicted octanol–water partition coefficient (Wildman–Crippen LogP) is 1.77. The minimum Gasteiger partial charge on any atom is -0.392 e. The maximum absolute atomic E-state index is 13.4. The Kier molecular flexibility index (Phi) is 4.86. The molecule has 1 aliphatic rings. The van der Waals surface area contributed by atoms with E-state index in [1.165, 1.54) is 12.1 Å². The summed E-state index contributed by atoms with van der Waals surface area (Å²) in [7, 11) is 0. The lowest BCUT2D eigenvalue weighted by atomic mass is 9.94. The number of hydrogen-bond donors (Lipinski definition) is 3. The molecule has 0 aliphatic carbocycles. The third-order valence-corrected chi connectivity index (χ3v) is 4.15. The van der Waals surface area contributed by atoms with E-state index in [1.54, 1.807) is 0 Å². The minimum absolute atomic E-state index is 0.0244. The van der Waals surface area contributed by atoms with Gasteiger partial charge in [-0.2, -0.15) is 0 Å². The number of amides is 1. The Bertz CT molecular complexity index is 549. The van der Waals surface area contributed by atoms with Gasteiger partial charge in [-0.3, -0.25) is 10.1 Å². The molecule has 1 aliphatic heterocycles. The van der Waals surface area contributed by atoms with Crippen molar-refractivity contribution in [2.45, 2.75) is 44.9 Å². The number of halogens is 2. The van der Waals surface area contributed by atoms with Crippen LogP contribution in [0.1, 0.15) is 31.4 Å². The Morgan fingerprint density at radius 1 is 1.48 bits per heavy atom. The number of aryl methyl sites for hydroxylation is 1. The molecule has 0 saturated carbocycles. The second kappa shape index (κ2) is 6.30. The molecule has 1 aromatic carbocycles. The molecule has 1 aromatic rings. The fraction of sp³-hybridized carbons (Fsp3) is 0.533. The first-order chi connectivity index (χ1) is 9.83. The molecule has 0 bridgehead atoms. The van der Waals surface area contributed by atoms with Gasteiger partial charge in [0, 0.05) is 17.6 Å². The van der Waals surface area contributed by atoms with Gasteiger partial charge >= 0.3 is 0 Å². The van der Waals surface area contributed by atoms with Crippen LogP contribution in [0, 0.1) is 5.82 Å². The van der Waals surface area contributed by atoms with Crippen molar-refractivity contribution in [1.82, 2.24) is 10.6 Å². The number of carbonyl (C=O) groups is 1. The monoisotopic (exact) mass is 314 g/mol. The van der Waals surface area contributed by atoms with Crippen molar-refractivity contribution in [2.75, 3.05) is 6.54 Å². The van der Waals surface area contributed by atoms with Gasteiger partial charge in [0.05, 0.1) is 12.1 Å². The van der Waals surface area contributed by atoms with Crippen molar-refractivity contribution in [3.8, 4) is 0 Å². The number of benzene rings is 1. The number of aliphatic hydroxyl groups is 1. The van der Waals surface area contributed by atoms with Gasteiger partial charge in [0.2, 0.25) is 5.91 Å². The summed E-state index contributed by atoms with van der Waals surface area (Å²) in [5, 5.41) is 15.8. The lowest BCUT2D eigenvalue weighted by molar-refractivity contribution is -0.128. The van der Waals surface area contributed by atoms with Crippen molar-refractivity contribution in [3.05, 3.63) is 34.1 Å². The number of hydrogen-bond acceptors (Lipinski definition) is 3. The molecule has 1 fully saturated rings. The Morgan fingerprint density at radius 3 is 2.81 bits per heavy atom. The quantitative estimate of drug-likeness (QED) is 0.794. The van der Waals surface area contributed by atoms with E-state index in [0.717, 1.165) is 6.42 Å². The second-order valence-corrected chi connectivity index (χ2v) is 6.31. The molecule has 116 valence electrons. The summed E-state index contributed by atoms with van der Waals surface area (Å²) in [6.45, 7) is 3.98. The molecule has 1 saturated heterocycles. The number of carbonyl (C=O) groups excluding carboxylic acids is 1. The third-order valence-electron chi connectivity index (χ3n) is 3.81. The molecule has 0 radical (unpaired) electrons. The molecule has 2 rings (SSSR count). The zero-order valence-corrected chi connectivity index (χ0v) is 12.9. The molecule has 6 heteroatoms. The van der Waals surface area contributed by atoms with Gasteiger partial charge in [-0.1, -0.05) is 11.6 Å². The summed E-state index contributed by atoms with van der Waals surface area (Å²) in [5.74, 6) is -0.430. The summed E-state index contributed by atoms with van der Waals surface area (Å²) in [6.07, 6.45) is 1.30. The first kappa shape index (κ1) is 16.2. The highest BCUT2D eigenvalue weighted by Crippen LogP contribution is 2.24. The van der Waals surface area contributed by atoms with Crippen molar-refractivity contribution in [3.63, 3.8) is 0 Å². The van der Waals surface area contributed by atoms with Gasteiger partial charge in [0.1, 0.15) is 5.82 Å². The van der Waals surface area contributed by atoms with Crippen LogP contribution in [0.25, 0.3) is 0 Å². The average molecular weight is 315 g/mol. The number of piperazine rings is 1. The molecule has 1 heterocycles. The first-order valence-electron chi connectivity index (χ1n) is 6.97. The van der Waals surface area contributed by atoms with Crippen LogP contribution in [0.15, 0.2) is 12.1 Å². The van der Waals surface area contributed by atoms with Crippen LogP contribution in [0.5, 0.6) is 0 Å². The normalized spacial score (nSPS) is 21.2. The topological polar surface area (TPSA) is 61.4 Å². The van der Waals surface area contributed by atoms with Crippen LogP contribution in [0.4, 0.5) is 4.39 Å². The molecular weight excluding hydrogens is 295 g/mol. The summed E-state index contributed by atoms with van der Waals surface area (Å²) in [6, 6.07) is 2.72. The Hall–Kier alpha value is -1.17. The van der Waals surface area contributed by atoms with E-state index in [-0.39, 0.29) is 23.6 Å². The third kappa shape index (κ3) is 3.73. The second-order valence-electron chi connectivity index (χ2n) is 5.90. The highest BCUT2D eigenvalue weighted by atomic mass is 35.5. The van der Waals surface area contributed by atoms with Crippen molar-refractivity contribution in [1.29, 1.82) is 0 Å². The van der Waals surface area contributed by atoms with E-state index in [4.69, 9.17) is 11.6 Å². The van der Waals surface area contributed by atoms with Crippen molar-refractivity contribution in [2.24, 2.45) is 0 Å². The number of aliphatic hydroxyl groups excluding tert-OH is 1. The van der Waals surface area contributed by atoms with E-state index in [9.17, 15) is 14.3 Å². The van der Waals surface area contributed by atoms with Crippen molar-refractivity contribution >= 4 is 17.5 Å². The summed E-state index contributed by atoms with van der Waals surface area (Å²) in [5.41, 5.74) is 0.665. The number of nitrogens with one attached hydrogen (secondary N) is 2. The molecule has 0 aromatic heterocycles. The fourth-order valence-electron chi connectivity index (χ4n) is 2.62. The predicted molar refractivity (Wildman–Crippen MR) is 79.7 cm³/mol. The van der Waals surface area contributed by atoms with Crippen LogP contribution in [0.2, 0.25) is 5.02 Å². The maximum atomic E-state index is 13.4. The van der Waals surface area contributed by atoms with Crippen LogP contribution in [0.3, 0.4) is 0 Å². The van der Waals surface area contributed by atoms with Crippen LogP contribution < -0.4 is 10.6 Å². The zero-order valence-electron chi connectivity index (χ0n) is 12.2. The molecule has 1 atom stereocenters. The molecule has 1 amide bonds. The lowest BCUT2D eigenvalue weighted by Crippen LogP contribution is -2.64. The highest BCUT2D eigenvalue weighted by Gasteiger charge is 2.34. The van der Waals surface area contributed by atoms with E-state index in [0.29, 0.717) is 24.1 Å².